The lowest BCUT2D eigenvalue weighted by atomic mass is 10.2. The minimum absolute atomic E-state index is 0.0464. The van der Waals surface area contributed by atoms with E-state index in [0.717, 1.165) is 19.6 Å². The lowest BCUT2D eigenvalue weighted by molar-refractivity contribution is 0.276. The highest BCUT2D eigenvalue weighted by Crippen LogP contribution is 2.37. The zero-order valence-electron chi connectivity index (χ0n) is 11.5. The molecule has 1 aliphatic rings. The molecular weight excluding hydrogens is 284 g/mol. The lowest BCUT2D eigenvalue weighted by Gasteiger charge is -2.39. The van der Waals surface area contributed by atoms with Gasteiger partial charge in [-0.3, -0.25) is 0 Å². The molecule has 0 aromatic carbocycles. The minimum Gasteiger partial charge on any atom is -0.382 e. The van der Waals surface area contributed by atoms with E-state index in [9.17, 15) is 8.42 Å². The first-order valence-corrected chi connectivity index (χ1v) is 8.72. The Labute approximate surface area is 118 Å². The van der Waals surface area contributed by atoms with Crippen LogP contribution in [0.25, 0.3) is 0 Å². The van der Waals surface area contributed by atoms with Crippen LogP contribution in [0.4, 0.5) is 10.8 Å². The molecule has 0 saturated carbocycles. The molecular formula is C11H20N4O2S2. The van der Waals surface area contributed by atoms with E-state index >= 15 is 0 Å². The highest BCUT2D eigenvalue weighted by molar-refractivity contribution is 7.91. The standard InChI is InChI=1S/C11H20N4O2S2/c1-4-19(16,17)9-10(12)13-18-11(9)15-6-5-14(3)7-8(15)2/h8H,4-7H2,1-3H3,(H2,12,13). The highest BCUT2D eigenvalue weighted by atomic mass is 32.2. The summed E-state index contributed by atoms with van der Waals surface area (Å²) >= 11 is 1.18. The Kier molecular flexibility index (Phi) is 4.03. The zero-order valence-corrected chi connectivity index (χ0v) is 13.1. The van der Waals surface area contributed by atoms with Crippen LogP contribution in [0.3, 0.4) is 0 Å². The van der Waals surface area contributed by atoms with E-state index in [1.54, 1.807) is 6.92 Å². The van der Waals surface area contributed by atoms with Crippen molar-refractivity contribution in [2.75, 3.05) is 43.1 Å². The molecule has 1 atom stereocenters. The Morgan fingerprint density at radius 3 is 2.74 bits per heavy atom. The maximum Gasteiger partial charge on any atom is 0.184 e. The maximum absolute atomic E-state index is 12.2. The highest BCUT2D eigenvalue weighted by Gasteiger charge is 2.31. The number of piperazine rings is 1. The van der Waals surface area contributed by atoms with Crippen molar-refractivity contribution in [3.63, 3.8) is 0 Å². The average Bonchev–Trinajstić information content (AvgIpc) is 2.72. The summed E-state index contributed by atoms with van der Waals surface area (Å²) in [6.45, 7) is 6.33. The third kappa shape index (κ3) is 2.70. The second-order valence-corrected chi connectivity index (χ2v) is 7.88. The van der Waals surface area contributed by atoms with Gasteiger partial charge in [0.05, 0.1) is 5.75 Å². The van der Waals surface area contributed by atoms with Crippen LogP contribution >= 0.6 is 11.5 Å². The lowest BCUT2D eigenvalue weighted by Crippen LogP contribution is -2.50. The first kappa shape index (κ1) is 14.5. The van der Waals surface area contributed by atoms with E-state index in [4.69, 9.17) is 5.73 Å². The number of nitrogens with two attached hydrogens (primary N) is 1. The monoisotopic (exact) mass is 304 g/mol. The number of anilines is 2. The van der Waals surface area contributed by atoms with Crippen LogP contribution in [0.15, 0.2) is 4.90 Å². The largest absolute Gasteiger partial charge is 0.382 e. The summed E-state index contributed by atoms with van der Waals surface area (Å²) in [6.07, 6.45) is 0. The Morgan fingerprint density at radius 2 is 2.16 bits per heavy atom. The summed E-state index contributed by atoms with van der Waals surface area (Å²) in [5.74, 6) is 0.179. The molecule has 1 aromatic heterocycles. The van der Waals surface area contributed by atoms with Crippen LogP contribution in [-0.2, 0) is 9.84 Å². The SMILES string of the molecule is CCS(=O)(=O)c1c(N)nsc1N1CCN(C)CC1C. The molecule has 6 nitrogen and oxygen atoms in total. The predicted molar refractivity (Wildman–Crippen MR) is 78.6 cm³/mol. The van der Waals surface area contributed by atoms with Gasteiger partial charge in [-0.25, -0.2) is 8.42 Å². The van der Waals surface area contributed by atoms with Gasteiger partial charge in [0.25, 0.3) is 0 Å². The topological polar surface area (TPSA) is 79.5 Å². The van der Waals surface area contributed by atoms with E-state index in [0.29, 0.717) is 5.00 Å². The van der Waals surface area contributed by atoms with Gasteiger partial charge in [0.15, 0.2) is 15.7 Å². The van der Waals surface area contributed by atoms with E-state index in [1.165, 1.54) is 11.5 Å². The molecule has 19 heavy (non-hydrogen) atoms. The second kappa shape index (κ2) is 5.26. The molecule has 0 amide bonds. The summed E-state index contributed by atoms with van der Waals surface area (Å²) in [5, 5.41) is 0.694. The average molecular weight is 304 g/mol. The number of nitrogens with zero attached hydrogens (tertiary/aromatic N) is 3. The number of hydrogen-bond donors (Lipinski definition) is 1. The van der Waals surface area contributed by atoms with Crippen LogP contribution < -0.4 is 10.6 Å². The molecule has 2 N–H and O–H groups in total. The van der Waals surface area contributed by atoms with Gasteiger partial charge >= 0.3 is 0 Å². The molecule has 1 aromatic rings. The molecule has 2 rings (SSSR count). The summed E-state index contributed by atoms with van der Waals surface area (Å²) in [7, 11) is -1.27. The van der Waals surface area contributed by atoms with Crippen molar-refractivity contribution in [1.29, 1.82) is 0 Å². The molecule has 1 unspecified atom stereocenters. The molecule has 0 spiro atoms. The van der Waals surface area contributed by atoms with E-state index in [1.807, 2.05) is 0 Å². The summed E-state index contributed by atoms with van der Waals surface area (Å²) in [6, 6.07) is 0.254. The minimum atomic E-state index is -3.33. The number of likely N-dealkylation sites (N-methyl/N-ethyl adjacent to an activating group) is 1. The van der Waals surface area contributed by atoms with Gasteiger partial charge in [0, 0.05) is 25.7 Å². The van der Waals surface area contributed by atoms with Gasteiger partial charge in [-0.05, 0) is 25.5 Å². The maximum atomic E-state index is 12.2. The molecule has 2 heterocycles. The molecule has 1 fully saturated rings. The van der Waals surface area contributed by atoms with Crippen molar-refractivity contribution >= 4 is 32.2 Å². The first-order chi connectivity index (χ1) is 8.86. The third-order valence-electron chi connectivity index (χ3n) is 3.44. The molecule has 1 aliphatic heterocycles. The van der Waals surface area contributed by atoms with Crippen LogP contribution in [-0.4, -0.2) is 56.2 Å². The van der Waals surface area contributed by atoms with E-state index in [2.05, 4.69) is 28.1 Å². The van der Waals surface area contributed by atoms with E-state index in [-0.39, 0.29) is 22.5 Å². The van der Waals surface area contributed by atoms with Crippen molar-refractivity contribution in [2.24, 2.45) is 0 Å². The van der Waals surface area contributed by atoms with Crippen molar-refractivity contribution in [3.8, 4) is 0 Å². The van der Waals surface area contributed by atoms with E-state index < -0.39 is 9.84 Å². The van der Waals surface area contributed by atoms with Crippen LogP contribution in [0.1, 0.15) is 13.8 Å². The van der Waals surface area contributed by atoms with Gasteiger partial charge < -0.3 is 15.5 Å². The van der Waals surface area contributed by atoms with Gasteiger partial charge in [-0.2, -0.15) is 4.37 Å². The fraction of sp³-hybridized carbons (Fsp3) is 0.727. The zero-order chi connectivity index (χ0) is 14.2. The number of aromatic nitrogens is 1. The van der Waals surface area contributed by atoms with Crippen molar-refractivity contribution in [3.05, 3.63) is 0 Å². The Hall–Kier alpha value is -0.860. The molecule has 108 valence electrons. The summed E-state index contributed by atoms with van der Waals surface area (Å²) in [5.41, 5.74) is 5.77. The molecule has 1 saturated heterocycles. The Morgan fingerprint density at radius 1 is 1.47 bits per heavy atom. The van der Waals surface area contributed by atoms with Crippen molar-refractivity contribution < 1.29 is 8.42 Å². The number of sulfone groups is 1. The number of hydrogen-bond acceptors (Lipinski definition) is 7. The number of rotatable bonds is 3. The normalized spacial score (nSPS) is 21.8. The van der Waals surface area contributed by atoms with Gasteiger partial charge in [-0.1, -0.05) is 6.92 Å². The fourth-order valence-electron chi connectivity index (χ4n) is 2.35. The quantitative estimate of drug-likeness (QED) is 0.883. The van der Waals surface area contributed by atoms with Crippen molar-refractivity contribution in [2.45, 2.75) is 24.8 Å². The summed E-state index contributed by atoms with van der Waals surface area (Å²) < 4.78 is 28.4. The van der Waals surface area contributed by atoms with Crippen LogP contribution in [0.5, 0.6) is 0 Å². The summed E-state index contributed by atoms with van der Waals surface area (Å²) in [4.78, 5) is 4.56. The Bertz CT molecular complexity index is 555. The predicted octanol–water partition coefficient (Wildman–Crippen LogP) is 0.659. The first-order valence-electron chi connectivity index (χ1n) is 6.30. The third-order valence-corrected chi connectivity index (χ3v) is 6.25. The van der Waals surface area contributed by atoms with Crippen LogP contribution in [0.2, 0.25) is 0 Å². The van der Waals surface area contributed by atoms with Crippen LogP contribution in [0, 0.1) is 0 Å². The second-order valence-electron chi connectivity index (χ2n) is 4.91. The fourth-order valence-corrected chi connectivity index (χ4v) is 4.77. The number of nitrogen functional groups attached to an aromatic ring is 1. The van der Waals surface area contributed by atoms with Gasteiger partial charge in [0.1, 0.15) is 9.90 Å². The van der Waals surface area contributed by atoms with Crippen molar-refractivity contribution in [1.82, 2.24) is 9.27 Å². The van der Waals surface area contributed by atoms with Gasteiger partial charge in [0.2, 0.25) is 0 Å². The smallest absolute Gasteiger partial charge is 0.184 e. The van der Waals surface area contributed by atoms with Gasteiger partial charge in [-0.15, -0.1) is 0 Å². The molecule has 0 aliphatic carbocycles. The molecule has 0 bridgehead atoms. The molecule has 0 radical (unpaired) electrons. The molecule has 8 heteroatoms. The Balaban J connectivity index is 2.42.